The smallest absolute Gasteiger partial charge is 0.282 e. The van der Waals surface area contributed by atoms with Gasteiger partial charge in [-0.3, -0.25) is 9.59 Å². The van der Waals surface area contributed by atoms with Gasteiger partial charge in [-0.15, -0.1) is 0 Å². The van der Waals surface area contributed by atoms with E-state index in [4.69, 9.17) is 27.9 Å². The maximum absolute atomic E-state index is 13.5. The number of benzene rings is 3. The Labute approximate surface area is 196 Å². The fourth-order valence-electron chi connectivity index (χ4n) is 3.51. The maximum atomic E-state index is 13.5. The Balaban J connectivity index is 1.82. The van der Waals surface area contributed by atoms with Crippen LogP contribution in [0.3, 0.4) is 0 Å². The predicted octanol–water partition coefficient (Wildman–Crippen LogP) is 6.10. The highest BCUT2D eigenvalue weighted by molar-refractivity contribution is 6.46. The average molecular weight is 467 g/mol. The second kappa shape index (κ2) is 9.07. The summed E-state index contributed by atoms with van der Waals surface area (Å²) in [6.07, 6.45) is 0. The van der Waals surface area contributed by atoms with Crippen LogP contribution in [0.2, 0.25) is 10.0 Å². The lowest BCUT2D eigenvalue weighted by atomic mass is 10.0. The van der Waals surface area contributed by atoms with Gasteiger partial charge in [-0.05, 0) is 61.4 Å². The van der Waals surface area contributed by atoms with E-state index in [2.05, 4.69) is 5.32 Å². The van der Waals surface area contributed by atoms with E-state index in [9.17, 15) is 9.59 Å². The minimum Gasteiger partial charge on any atom is -0.494 e. The molecule has 3 aromatic carbocycles. The van der Waals surface area contributed by atoms with Crippen LogP contribution in [0.1, 0.15) is 18.1 Å². The van der Waals surface area contributed by atoms with Crippen LogP contribution in [-0.4, -0.2) is 18.4 Å². The van der Waals surface area contributed by atoms with Crippen molar-refractivity contribution in [3.05, 3.63) is 93.6 Å². The Hall–Kier alpha value is -3.28. The van der Waals surface area contributed by atoms with Gasteiger partial charge in [0, 0.05) is 21.8 Å². The number of imide groups is 1. The van der Waals surface area contributed by atoms with Crippen LogP contribution in [0.4, 0.5) is 11.4 Å². The van der Waals surface area contributed by atoms with Crippen molar-refractivity contribution in [2.24, 2.45) is 0 Å². The molecule has 0 radical (unpaired) electrons. The van der Waals surface area contributed by atoms with E-state index in [1.54, 1.807) is 60.7 Å². The van der Waals surface area contributed by atoms with Gasteiger partial charge in [0.25, 0.3) is 11.8 Å². The SMILES string of the molecule is CCOc1cccc(N2C(=O)C(Nc3cc(Cl)ccc3C)=C(c3ccc(Cl)cc3)C2=O)c1. The highest BCUT2D eigenvalue weighted by Gasteiger charge is 2.40. The van der Waals surface area contributed by atoms with Gasteiger partial charge in [0.05, 0.1) is 17.9 Å². The number of anilines is 2. The van der Waals surface area contributed by atoms with Crippen molar-refractivity contribution >= 4 is 52.0 Å². The first-order valence-corrected chi connectivity index (χ1v) is 10.8. The molecule has 0 saturated heterocycles. The summed E-state index contributed by atoms with van der Waals surface area (Å²) in [5.74, 6) is -0.327. The first-order chi connectivity index (χ1) is 15.4. The number of carbonyl (C=O) groups is 2. The minimum atomic E-state index is -0.465. The molecule has 0 saturated carbocycles. The van der Waals surface area contributed by atoms with Crippen LogP contribution < -0.4 is 15.0 Å². The molecule has 1 aliphatic rings. The summed E-state index contributed by atoms with van der Waals surface area (Å²) in [4.78, 5) is 28.2. The second-order valence-corrected chi connectivity index (χ2v) is 8.09. The van der Waals surface area contributed by atoms with Crippen molar-refractivity contribution in [1.29, 1.82) is 0 Å². The molecule has 0 aliphatic carbocycles. The molecule has 0 atom stereocenters. The van der Waals surface area contributed by atoms with Crippen LogP contribution in [0.5, 0.6) is 5.75 Å². The summed E-state index contributed by atoms with van der Waals surface area (Å²) < 4.78 is 5.54. The molecule has 1 heterocycles. The minimum absolute atomic E-state index is 0.171. The zero-order valence-corrected chi connectivity index (χ0v) is 19.0. The second-order valence-electron chi connectivity index (χ2n) is 7.22. The Morgan fingerprint density at radius 3 is 2.34 bits per heavy atom. The molecule has 0 bridgehead atoms. The lowest BCUT2D eigenvalue weighted by Gasteiger charge is -2.17. The third-order valence-electron chi connectivity index (χ3n) is 5.06. The predicted molar refractivity (Wildman–Crippen MR) is 128 cm³/mol. The fourth-order valence-corrected chi connectivity index (χ4v) is 3.81. The normalized spacial score (nSPS) is 13.7. The number of aryl methyl sites for hydroxylation is 1. The molecular weight excluding hydrogens is 447 g/mol. The molecule has 32 heavy (non-hydrogen) atoms. The van der Waals surface area contributed by atoms with Gasteiger partial charge in [-0.25, -0.2) is 4.90 Å². The van der Waals surface area contributed by atoms with E-state index in [-0.39, 0.29) is 11.3 Å². The number of amides is 2. The quantitative estimate of drug-likeness (QED) is 0.446. The van der Waals surface area contributed by atoms with Crippen molar-refractivity contribution < 1.29 is 14.3 Å². The third-order valence-corrected chi connectivity index (χ3v) is 5.55. The van der Waals surface area contributed by atoms with E-state index in [1.807, 2.05) is 19.9 Å². The van der Waals surface area contributed by atoms with Crippen LogP contribution in [0.25, 0.3) is 5.57 Å². The summed E-state index contributed by atoms with van der Waals surface area (Å²) in [6.45, 7) is 4.24. The topological polar surface area (TPSA) is 58.6 Å². The molecular formula is C25H20Cl2N2O3. The van der Waals surface area contributed by atoms with Crippen molar-refractivity contribution in [3.8, 4) is 5.75 Å². The number of rotatable bonds is 6. The Bertz CT molecular complexity index is 1240. The van der Waals surface area contributed by atoms with Gasteiger partial charge in [0.2, 0.25) is 0 Å². The molecule has 0 aromatic heterocycles. The monoisotopic (exact) mass is 466 g/mol. The molecule has 7 heteroatoms. The molecule has 0 unspecified atom stereocenters. The summed E-state index contributed by atoms with van der Waals surface area (Å²) in [7, 11) is 0. The van der Waals surface area contributed by atoms with Gasteiger partial charge in [-0.2, -0.15) is 0 Å². The van der Waals surface area contributed by atoms with E-state index < -0.39 is 11.8 Å². The molecule has 0 spiro atoms. The number of halogens is 2. The van der Waals surface area contributed by atoms with Crippen molar-refractivity contribution in [2.45, 2.75) is 13.8 Å². The largest absolute Gasteiger partial charge is 0.494 e. The molecule has 2 amide bonds. The number of nitrogens with zero attached hydrogens (tertiary/aromatic N) is 1. The molecule has 1 N–H and O–H groups in total. The van der Waals surface area contributed by atoms with Gasteiger partial charge in [-0.1, -0.05) is 47.5 Å². The summed E-state index contributed by atoms with van der Waals surface area (Å²) >= 11 is 12.2. The zero-order chi connectivity index (χ0) is 22.8. The zero-order valence-electron chi connectivity index (χ0n) is 17.5. The molecule has 4 rings (SSSR count). The van der Waals surface area contributed by atoms with E-state index >= 15 is 0 Å². The van der Waals surface area contributed by atoms with Gasteiger partial charge < -0.3 is 10.1 Å². The number of ether oxygens (including phenoxy) is 1. The van der Waals surface area contributed by atoms with Gasteiger partial charge in [0.15, 0.2) is 0 Å². The standard InChI is InChI=1S/C25H20Cl2N2O3/c1-3-32-20-6-4-5-19(14-20)29-24(30)22(16-8-11-17(26)12-9-16)23(25(29)31)28-21-13-18(27)10-7-15(21)2/h4-14,28H,3H2,1-2H3. The summed E-state index contributed by atoms with van der Waals surface area (Å²) in [5.41, 5.74) is 2.97. The van der Waals surface area contributed by atoms with Crippen LogP contribution in [-0.2, 0) is 9.59 Å². The average Bonchev–Trinajstić information content (AvgIpc) is 3.01. The lowest BCUT2D eigenvalue weighted by molar-refractivity contribution is -0.120. The van der Waals surface area contributed by atoms with E-state index in [0.29, 0.717) is 39.3 Å². The van der Waals surface area contributed by atoms with Crippen molar-refractivity contribution in [1.82, 2.24) is 0 Å². The molecule has 0 fully saturated rings. The highest BCUT2D eigenvalue weighted by Crippen LogP contribution is 2.36. The molecule has 3 aromatic rings. The van der Waals surface area contributed by atoms with Gasteiger partial charge in [0.1, 0.15) is 11.4 Å². The van der Waals surface area contributed by atoms with Crippen LogP contribution in [0, 0.1) is 6.92 Å². The number of nitrogens with one attached hydrogen (secondary N) is 1. The van der Waals surface area contributed by atoms with Crippen molar-refractivity contribution in [3.63, 3.8) is 0 Å². The number of hydrogen-bond donors (Lipinski definition) is 1. The number of carbonyl (C=O) groups excluding carboxylic acids is 2. The van der Waals surface area contributed by atoms with Crippen LogP contribution >= 0.6 is 23.2 Å². The van der Waals surface area contributed by atoms with Crippen molar-refractivity contribution in [2.75, 3.05) is 16.8 Å². The first kappa shape index (κ1) is 21.9. The first-order valence-electron chi connectivity index (χ1n) is 10.0. The van der Waals surface area contributed by atoms with E-state index in [1.165, 1.54) is 0 Å². The fraction of sp³-hybridized carbons (Fsp3) is 0.120. The Kier molecular flexibility index (Phi) is 6.21. The van der Waals surface area contributed by atoms with E-state index in [0.717, 1.165) is 10.5 Å². The molecule has 162 valence electrons. The van der Waals surface area contributed by atoms with Crippen LogP contribution in [0.15, 0.2) is 72.4 Å². The number of hydrogen-bond acceptors (Lipinski definition) is 4. The summed E-state index contributed by atoms with van der Waals surface area (Å²) in [5, 5.41) is 4.20. The van der Waals surface area contributed by atoms with Gasteiger partial charge >= 0.3 is 0 Å². The summed E-state index contributed by atoms with van der Waals surface area (Å²) in [6, 6.07) is 19.0. The molecule has 5 nitrogen and oxygen atoms in total. The third kappa shape index (κ3) is 4.22. The molecule has 1 aliphatic heterocycles. The maximum Gasteiger partial charge on any atom is 0.282 e. The Morgan fingerprint density at radius 2 is 1.62 bits per heavy atom. The Morgan fingerprint density at radius 1 is 0.906 bits per heavy atom. The lowest BCUT2D eigenvalue weighted by Crippen LogP contribution is -2.32. The highest BCUT2D eigenvalue weighted by atomic mass is 35.5.